The van der Waals surface area contributed by atoms with E-state index in [4.69, 9.17) is 0 Å². The Balaban J connectivity index is 1.86. The van der Waals surface area contributed by atoms with Crippen molar-refractivity contribution in [3.8, 4) is 5.69 Å². The van der Waals surface area contributed by atoms with Crippen LogP contribution in [0.1, 0.15) is 28.9 Å². The standard InChI is InChI=1S/C17H17FN4S/c1-11-4-9-16(10-12(11)2)22-17(19-20-21-22)23-13(3)14-5-7-15(18)8-6-14/h4-10,13H,1-3H3. The van der Waals surface area contributed by atoms with Gasteiger partial charge in [-0.05, 0) is 72.2 Å². The summed E-state index contributed by atoms with van der Waals surface area (Å²) in [6.45, 7) is 6.19. The topological polar surface area (TPSA) is 43.6 Å². The second-order valence-corrected chi connectivity index (χ2v) is 6.76. The van der Waals surface area contributed by atoms with E-state index in [9.17, 15) is 4.39 Å². The highest BCUT2D eigenvalue weighted by Crippen LogP contribution is 2.34. The Bertz CT molecular complexity index is 814. The van der Waals surface area contributed by atoms with Crippen LogP contribution in [0.5, 0.6) is 0 Å². The number of rotatable bonds is 4. The van der Waals surface area contributed by atoms with Crippen molar-refractivity contribution >= 4 is 11.8 Å². The van der Waals surface area contributed by atoms with Gasteiger partial charge in [0, 0.05) is 5.25 Å². The third kappa shape index (κ3) is 3.42. The highest BCUT2D eigenvalue weighted by Gasteiger charge is 2.15. The Morgan fingerprint density at radius 1 is 1.04 bits per heavy atom. The number of aryl methyl sites for hydroxylation is 2. The number of benzene rings is 2. The zero-order valence-electron chi connectivity index (χ0n) is 13.2. The molecule has 0 spiro atoms. The summed E-state index contributed by atoms with van der Waals surface area (Å²) in [6.07, 6.45) is 0. The first kappa shape index (κ1) is 15.7. The molecular formula is C17H17FN4S. The van der Waals surface area contributed by atoms with Crippen LogP contribution < -0.4 is 0 Å². The average molecular weight is 328 g/mol. The zero-order valence-corrected chi connectivity index (χ0v) is 14.0. The SMILES string of the molecule is Cc1ccc(-n2nnnc2SC(C)c2ccc(F)cc2)cc1C. The van der Waals surface area contributed by atoms with Crippen LogP contribution in [0.25, 0.3) is 5.69 Å². The molecule has 23 heavy (non-hydrogen) atoms. The quantitative estimate of drug-likeness (QED) is 0.671. The summed E-state index contributed by atoms with van der Waals surface area (Å²) in [4.78, 5) is 0. The van der Waals surface area contributed by atoms with E-state index in [-0.39, 0.29) is 11.1 Å². The van der Waals surface area contributed by atoms with E-state index in [0.717, 1.165) is 11.3 Å². The summed E-state index contributed by atoms with van der Waals surface area (Å²) in [5, 5.41) is 12.8. The van der Waals surface area contributed by atoms with Crippen molar-refractivity contribution in [2.45, 2.75) is 31.2 Å². The lowest BCUT2D eigenvalue weighted by Gasteiger charge is -2.12. The molecule has 0 aliphatic heterocycles. The van der Waals surface area contributed by atoms with Crippen LogP contribution in [-0.4, -0.2) is 20.2 Å². The van der Waals surface area contributed by atoms with Gasteiger partial charge in [0.15, 0.2) is 0 Å². The second-order valence-electron chi connectivity index (χ2n) is 5.45. The van der Waals surface area contributed by atoms with Gasteiger partial charge in [0.1, 0.15) is 5.82 Å². The van der Waals surface area contributed by atoms with E-state index in [1.807, 2.05) is 6.07 Å². The minimum absolute atomic E-state index is 0.117. The Morgan fingerprint density at radius 2 is 1.78 bits per heavy atom. The van der Waals surface area contributed by atoms with Gasteiger partial charge in [0.25, 0.3) is 0 Å². The Labute approximate surface area is 138 Å². The molecule has 0 bridgehead atoms. The van der Waals surface area contributed by atoms with E-state index in [2.05, 4.69) is 48.4 Å². The molecule has 1 unspecified atom stereocenters. The van der Waals surface area contributed by atoms with Crippen molar-refractivity contribution in [1.29, 1.82) is 0 Å². The molecule has 4 nitrogen and oxygen atoms in total. The number of hydrogen-bond acceptors (Lipinski definition) is 4. The van der Waals surface area contributed by atoms with Gasteiger partial charge in [-0.25, -0.2) is 4.39 Å². The minimum atomic E-state index is -0.231. The summed E-state index contributed by atoms with van der Waals surface area (Å²) < 4.78 is 14.8. The van der Waals surface area contributed by atoms with Gasteiger partial charge in [0.2, 0.25) is 5.16 Å². The molecule has 0 aliphatic carbocycles. The molecule has 0 N–H and O–H groups in total. The van der Waals surface area contributed by atoms with Gasteiger partial charge in [-0.2, -0.15) is 4.68 Å². The van der Waals surface area contributed by atoms with Crippen LogP contribution in [0.15, 0.2) is 47.6 Å². The van der Waals surface area contributed by atoms with Crippen molar-refractivity contribution in [3.05, 3.63) is 65.0 Å². The van der Waals surface area contributed by atoms with E-state index < -0.39 is 0 Å². The van der Waals surface area contributed by atoms with E-state index in [0.29, 0.717) is 5.16 Å². The third-order valence-electron chi connectivity index (χ3n) is 3.80. The number of nitrogens with zero attached hydrogens (tertiary/aromatic N) is 4. The minimum Gasteiger partial charge on any atom is -0.207 e. The number of tetrazole rings is 1. The summed E-state index contributed by atoms with van der Waals surface area (Å²) in [5.74, 6) is -0.231. The predicted octanol–water partition coefficient (Wildman–Crippen LogP) is 4.27. The summed E-state index contributed by atoms with van der Waals surface area (Å²) >= 11 is 1.55. The fourth-order valence-electron chi connectivity index (χ4n) is 2.23. The molecule has 118 valence electrons. The maximum absolute atomic E-state index is 13.0. The second kappa shape index (κ2) is 6.50. The van der Waals surface area contributed by atoms with Gasteiger partial charge >= 0.3 is 0 Å². The van der Waals surface area contributed by atoms with Gasteiger partial charge in [-0.3, -0.25) is 0 Å². The van der Waals surface area contributed by atoms with Crippen molar-refractivity contribution in [1.82, 2.24) is 20.2 Å². The molecule has 2 aromatic carbocycles. The molecule has 0 aliphatic rings. The maximum atomic E-state index is 13.0. The molecule has 0 saturated carbocycles. The molecule has 1 heterocycles. The van der Waals surface area contributed by atoms with Crippen LogP contribution in [0, 0.1) is 19.7 Å². The number of thioether (sulfide) groups is 1. The first-order valence-corrected chi connectivity index (χ1v) is 8.20. The first-order valence-electron chi connectivity index (χ1n) is 7.33. The number of hydrogen-bond donors (Lipinski definition) is 0. The third-order valence-corrected chi connectivity index (χ3v) is 4.89. The molecule has 3 aromatic rings. The lowest BCUT2D eigenvalue weighted by molar-refractivity contribution is 0.627. The molecule has 0 saturated heterocycles. The normalized spacial score (nSPS) is 12.3. The Hall–Kier alpha value is -2.21. The summed E-state index contributed by atoms with van der Waals surface area (Å²) in [7, 11) is 0. The van der Waals surface area contributed by atoms with Crippen LogP contribution in [-0.2, 0) is 0 Å². The molecule has 1 aromatic heterocycles. The Morgan fingerprint density at radius 3 is 2.48 bits per heavy atom. The Kier molecular flexibility index (Phi) is 4.43. The lowest BCUT2D eigenvalue weighted by Crippen LogP contribution is -2.01. The molecule has 0 amide bonds. The van der Waals surface area contributed by atoms with Gasteiger partial charge in [-0.1, -0.05) is 30.0 Å². The average Bonchev–Trinajstić information content (AvgIpc) is 2.99. The number of halogens is 1. The lowest BCUT2D eigenvalue weighted by atomic mass is 10.1. The smallest absolute Gasteiger partial charge is 0.207 e. The highest BCUT2D eigenvalue weighted by atomic mass is 32.2. The molecular weight excluding hydrogens is 311 g/mol. The zero-order chi connectivity index (χ0) is 16.4. The maximum Gasteiger partial charge on any atom is 0.214 e. The van der Waals surface area contributed by atoms with Crippen LogP contribution in [0.4, 0.5) is 4.39 Å². The first-order chi connectivity index (χ1) is 11.0. The van der Waals surface area contributed by atoms with Crippen molar-refractivity contribution in [2.75, 3.05) is 0 Å². The summed E-state index contributed by atoms with van der Waals surface area (Å²) in [6, 6.07) is 12.7. The van der Waals surface area contributed by atoms with E-state index in [1.165, 1.54) is 23.3 Å². The van der Waals surface area contributed by atoms with Crippen LogP contribution in [0.3, 0.4) is 0 Å². The largest absolute Gasteiger partial charge is 0.214 e. The van der Waals surface area contributed by atoms with Crippen molar-refractivity contribution in [2.24, 2.45) is 0 Å². The molecule has 1 atom stereocenters. The van der Waals surface area contributed by atoms with E-state index in [1.54, 1.807) is 28.6 Å². The highest BCUT2D eigenvalue weighted by molar-refractivity contribution is 7.99. The van der Waals surface area contributed by atoms with Gasteiger partial charge in [0.05, 0.1) is 5.69 Å². The predicted molar refractivity (Wildman–Crippen MR) is 89.3 cm³/mol. The van der Waals surface area contributed by atoms with Gasteiger partial charge in [-0.15, -0.1) is 5.10 Å². The monoisotopic (exact) mass is 328 g/mol. The molecule has 0 fully saturated rings. The fourth-order valence-corrected chi connectivity index (χ4v) is 3.17. The molecule has 3 rings (SSSR count). The van der Waals surface area contributed by atoms with Crippen LogP contribution >= 0.6 is 11.8 Å². The van der Waals surface area contributed by atoms with Crippen molar-refractivity contribution < 1.29 is 4.39 Å². The molecule has 0 radical (unpaired) electrons. The number of aromatic nitrogens is 4. The fraction of sp³-hybridized carbons (Fsp3) is 0.235. The summed E-state index contributed by atoms with van der Waals surface area (Å²) in [5.41, 5.74) is 4.40. The van der Waals surface area contributed by atoms with Crippen molar-refractivity contribution in [3.63, 3.8) is 0 Å². The molecule has 6 heteroatoms. The van der Waals surface area contributed by atoms with Crippen LogP contribution in [0.2, 0.25) is 0 Å². The van der Waals surface area contributed by atoms with Gasteiger partial charge < -0.3 is 0 Å². The van der Waals surface area contributed by atoms with E-state index >= 15 is 0 Å².